The number of carbonyl (C=O) groups excluding carboxylic acids is 1. The van der Waals surface area contributed by atoms with Crippen LogP contribution in [0.1, 0.15) is 12.5 Å². The van der Waals surface area contributed by atoms with Crippen LogP contribution in [0.15, 0.2) is 46.9 Å². The summed E-state index contributed by atoms with van der Waals surface area (Å²) in [6, 6.07) is 14.3. The second kappa shape index (κ2) is 6.11. The molecule has 0 aliphatic rings. The van der Waals surface area contributed by atoms with Crippen molar-refractivity contribution in [2.75, 3.05) is 5.32 Å². The number of anilines is 1. The molecular weight excluding hydrogens is 314 g/mol. The molecule has 2 aromatic carbocycles. The SMILES string of the molecule is CC(Cl)C(=O)Nc1ccc(-c2nc3cc(C#N)ccc3o2)cc1. The fourth-order valence-electron chi connectivity index (χ4n) is 2.06. The van der Waals surface area contributed by atoms with Crippen LogP contribution in [0.2, 0.25) is 0 Å². The van der Waals surface area contributed by atoms with Gasteiger partial charge in [-0.05, 0) is 49.4 Å². The zero-order valence-corrected chi connectivity index (χ0v) is 13.0. The lowest BCUT2D eigenvalue weighted by Gasteiger charge is -2.06. The predicted octanol–water partition coefficient (Wildman–Crippen LogP) is 3.93. The highest BCUT2D eigenvalue weighted by Crippen LogP contribution is 2.26. The number of alkyl halides is 1. The van der Waals surface area contributed by atoms with Crippen LogP contribution in [0, 0.1) is 11.3 Å². The van der Waals surface area contributed by atoms with Crippen molar-refractivity contribution in [2.24, 2.45) is 0 Å². The number of amides is 1. The first-order valence-electron chi connectivity index (χ1n) is 6.93. The first kappa shape index (κ1) is 15.1. The first-order chi connectivity index (χ1) is 11.1. The monoisotopic (exact) mass is 325 g/mol. The lowest BCUT2D eigenvalue weighted by atomic mass is 10.2. The Morgan fingerprint density at radius 2 is 2.04 bits per heavy atom. The minimum atomic E-state index is -0.596. The fourth-order valence-corrected chi connectivity index (χ4v) is 2.11. The number of fused-ring (bicyclic) bond motifs is 1. The summed E-state index contributed by atoms with van der Waals surface area (Å²) in [6.07, 6.45) is 0. The lowest BCUT2D eigenvalue weighted by Crippen LogP contribution is -2.20. The standard InChI is InChI=1S/C17H12ClN3O2/c1-10(18)16(22)20-13-5-3-12(4-6-13)17-21-14-8-11(9-19)2-7-15(14)23-17/h2-8,10H,1H3,(H,20,22). The molecule has 0 fully saturated rings. The number of aromatic nitrogens is 1. The van der Waals surface area contributed by atoms with Gasteiger partial charge in [-0.1, -0.05) is 0 Å². The Hall–Kier alpha value is -2.84. The first-order valence-corrected chi connectivity index (χ1v) is 7.36. The van der Waals surface area contributed by atoms with Gasteiger partial charge < -0.3 is 9.73 Å². The summed E-state index contributed by atoms with van der Waals surface area (Å²) < 4.78 is 5.68. The molecule has 0 bridgehead atoms. The number of hydrogen-bond donors (Lipinski definition) is 1. The highest BCUT2D eigenvalue weighted by atomic mass is 35.5. The zero-order valence-electron chi connectivity index (χ0n) is 12.2. The third-order valence-electron chi connectivity index (χ3n) is 3.28. The van der Waals surface area contributed by atoms with Gasteiger partial charge in [0.2, 0.25) is 11.8 Å². The third-order valence-corrected chi connectivity index (χ3v) is 3.48. The largest absolute Gasteiger partial charge is 0.436 e. The normalized spacial score (nSPS) is 11.9. The summed E-state index contributed by atoms with van der Waals surface area (Å²) in [7, 11) is 0. The maximum Gasteiger partial charge on any atom is 0.242 e. The molecule has 0 radical (unpaired) electrons. The van der Waals surface area contributed by atoms with E-state index in [2.05, 4.69) is 16.4 Å². The van der Waals surface area contributed by atoms with Gasteiger partial charge in [0.25, 0.3) is 0 Å². The van der Waals surface area contributed by atoms with Crippen LogP contribution in [-0.4, -0.2) is 16.3 Å². The predicted molar refractivity (Wildman–Crippen MR) is 88.1 cm³/mol. The Balaban J connectivity index is 1.87. The molecule has 1 amide bonds. The number of oxazole rings is 1. The van der Waals surface area contributed by atoms with Crippen molar-refractivity contribution < 1.29 is 9.21 Å². The smallest absolute Gasteiger partial charge is 0.242 e. The van der Waals surface area contributed by atoms with Crippen LogP contribution in [0.4, 0.5) is 5.69 Å². The summed E-state index contributed by atoms with van der Waals surface area (Å²) >= 11 is 5.72. The van der Waals surface area contributed by atoms with Gasteiger partial charge in [-0.2, -0.15) is 5.26 Å². The van der Waals surface area contributed by atoms with Crippen LogP contribution in [0.25, 0.3) is 22.6 Å². The maximum absolute atomic E-state index is 11.5. The molecule has 23 heavy (non-hydrogen) atoms. The Kier molecular flexibility index (Phi) is 4.00. The number of rotatable bonds is 3. The lowest BCUT2D eigenvalue weighted by molar-refractivity contribution is -0.115. The second-order valence-electron chi connectivity index (χ2n) is 5.00. The van der Waals surface area contributed by atoms with Gasteiger partial charge in [-0.25, -0.2) is 4.98 Å². The van der Waals surface area contributed by atoms with Gasteiger partial charge in [0.05, 0.1) is 11.6 Å². The number of benzene rings is 2. The molecular formula is C17H12ClN3O2. The fraction of sp³-hybridized carbons (Fsp3) is 0.118. The molecule has 0 saturated heterocycles. The summed E-state index contributed by atoms with van der Waals surface area (Å²) in [5.41, 5.74) is 3.20. The van der Waals surface area contributed by atoms with Crippen molar-refractivity contribution in [3.63, 3.8) is 0 Å². The molecule has 114 valence electrons. The molecule has 6 heteroatoms. The van der Waals surface area contributed by atoms with E-state index < -0.39 is 5.38 Å². The van der Waals surface area contributed by atoms with Crippen molar-refractivity contribution >= 4 is 34.3 Å². The van der Waals surface area contributed by atoms with Crippen LogP contribution in [0.3, 0.4) is 0 Å². The Morgan fingerprint density at radius 3 is 2.70 bits per heavy atom. The molecule has 1 unspecified atom stereocenters. The summed E-state index contributed by atoms with van der Waals surface area (Å²) in [6.45, 7) is 1.61. The van der Waals surface area contributed by atoms with E-state index in [1.165, 1.54) is 0 Å². The highest BCUT2D eigenvalue weighted by Gasteiger charge is 2.11. The van der Waals surface area contributed by atoms with Crippen LogP contribution in [0.5, 0.6) is 0 Å². The molecule has 5 nitrogen and oxygen atoms in total. The highest BCUT2D eigenvalue weighted by molar-refractivity contribution is 6.32. The Bertz CT molecular complexity index is 908. The summed E-state index contributed by atoms with van der Waals surface area (Å²) in [5, 5.41) is 11.0. The molecule has 1 aromatic heterocycles. The van der Waals surface area contributed by atoms with E-state index in [4.69, 9.17) is 21.3 Å². The number of nitriles is 1. The van der Waals surface area contributed by atoms with E-state index in [1.54, 1.807) is 49.4 Å². The molecule has 0 aliphatic carbocycles. The topological polar surface area (TPSA) is 78.9 Å². The van der Waals surface area contributed by atoms with E-state index >= 15 is 0 Å². The molecule has 0 aliphatic heterocycles. The molecule has 0 spiro atoms. The molecule has 3 aromatic rings. The summed E-state index contributed by atoms with van der Waals surface area (Å²) in [4.78, 5) is 15.9. The van der Waals surface area contributed by atoms with E-state index in [0.29, 0.717) is 28.2 Å². The van der Waals surface area contributed by atoms with E-state index in [1.807, 2.05) is 0 Å². The van der Waals surface area contributed by atoms with E-state index in [-0.39, 0.29) is 5.91 Å². The van der Waals surface area contributed by atoms with Crippen molar-refractivity contribution in [1.82, 2.24) is 4.98 Å². The summed E-state index contributed by atoms with van der Waals surface area (Å²) in [5.74, 6) is 0.198. The average Bonchev–Trinajstić information content (AvgIpc) is 2.98. The van der Waals surface area contributed by atoms with Gasteiger partial charge >= 0.3 is 0 Å². The molecule has 0 saturated carbocycles. The number of nitrogens with one attached hydrogen (secondary N) is 1. The number of nitrogens with zero attached hydrogens (tertiary/aromatic N) is 2. The Morgan fingerprint density at radius 1 is 1.30 bits per heavy atom. The minimum Gasteiger partial charge on any atom is -0.436 e. The van der Waals surface area contributed by atoms with Crippen LogP contribution >= 0.6 is 11.6 Å². The van der Waals surface area contributed by atoms with Crippen molar-refractivity contribution in [3.05, 3.63) is 48.0 Å². The van der Waals surface area contributed by atoms with Crippen LogP contribution < -0.4 is 5.32 Å². The maximum atomic E-state index is 11.5. The Labute approximate surface area is 137 Å². The van der Waals surface area contributed by atoms with Gasteiger partial charge in [0, 0.05) is 11.3 Å². The number of hydrogen-bond acceptors (Lipinski definition) is 4. The van der Waals surface area contributed by atoms with Crippen LogP contribution in [-0.2, 0) is 4.79 Å². The molecule has 1 heterocycles. The minimum absolute atomic E-state index is 0.259. The van der Waals surface area contributed by atoms with E-state index in [9.17, 15) is 4.79 Å². The zero-order chi connectivity index (χ0) is 16.4. The molecule has 1 N–H and O–H groups in total. The third kappa shape index (κ3) is 3.17. The van der Waals surface area contributed by atoms with Crippen molar-refractivity contribution in [2.45, 2.75) is 12.3 Å². The average molecular weight is 326 g/mol. The quantitative estimate of drug-likeness (QED) is 0.740. The van der Waals surface area contributed by atoms with Gasteiger partial charge in [-0.15, -0.1) is 11.6 Å². The van der Waals surface area contributed by atoms with Gasteiger partial charge in [-0.3, -0.25) is 4.79 Å². The van der Waals surface area contributed by atoms with Crippen molar-refractivity contribution in [3.8, 4) is 17.5 Å². The van der Waals surface area contributed by atoms with E-state index in [0.717, 1.165) is 5.56 Å². The second-order valence-corrected chi connectivity index (χ2v) is 5.65. The number of halogens is 1. The van der Waals surface area contributed by atoms with Gasteiger partial charge in [0.1, 0.15) is 10.9 Å². The van der Waals surface area contributed by atoms with Gasteiger partial charge in [0.15, 0.2) is 5.58 Å². The number of carbonyl (C=O) groups is 1. The molecule has 1 atom stereocenters. The van der Waals surface area contributed by atoms with Crippen molar-refractivity contribution in [1.29, 1.82) is 5.26 Å². The molecule has 3 rings (SSSR count).